The summed E-state index contributed by atoms with van der Waals surface area (Å²) in [4.78, 5) is 37.8. The molecule has 1 atom stereocenters. The highest BCUT2D eigenvalue weighted by molar-refractivity contribution is 5.99. The van der Waals surface area contributed by atoms with Crippen molar-refractivity contribution in [2.24, 2.45) is 5.92 Å². The number of benzene rings is 1. The minimum Gasteiger partial charge on any atom is -0.347 e. The van der Waals surface area contributed by atoms with Crippen LogP contribution >= 0.6 is 0 Å². The van der Waals surface area contributed by atoms with E-state index >= 15 is 0 Å². The summed E-state index contributed by atoms with van der Waals surface area (Å²) >= 11 is 0. The molecule has 0 fully saturated rings. The Hall–Kier alpha value is -2.37. The van der Waals surface area contributed by atoms with Crippen LogP contribution in [0.2, 0.25) is 0 Å². The Morgan fingerprint density at radius 1 is 1.12 bits per heavy atom. The number of rotatable bonds is 7. The van der Waals surface area contributed by atoms with Crippen molar-refractivity contribution in [1.82, 2.24) is 15.5 Å². The Bertz CT molecular complexity index is 597. The molecule has 0 heterocycles. The first-order valence-electron chi connectivity index (χ1n) is 8.06. The van der Waals surface area contributed by atoms with Gasteiger partial charge < -0.3 is 15.5 Å². The van der Waals surface area contributed by atoms with E-state index in [9.17, 15) is 14.4 Å². The Morgan fingerprint density at radius 3 is 2.29 bits per heavy atom. The number of amides is 3. The van der Waals surface area contributed by atoms with E-state index in [0.717, 1.165) is 5.56 Å². The molecule has 1 rings (SSSR count). The molecule has 24 heavy (non-hydrogen) atoms. The second kappa shape index (κ2) is 9.05. The minimum atomic E-state index is -0.674. The lowest BCUT2D eigenvalue weighted by molar-refractivity contribution is -0.131. The van der Waals surface area contributed by atoms with Gasteiger partial charge in [-0.15, -0.1) is 0 Å². The van der Waals surface area contributed by atoms with Crippen LogP contribution in [0.15, 0.2) is 24.3 Å². The van der Waals surface area contributed by atoms with Crippen LogP contribution in [0.3, 0.4) is 0 Å². The van der Waals surface area contributed by atoms with Gasteiger partial charge in [-0.25, -0.2) is 0 Å². The van der Waals surface area contributed by atoms with Crippen molar-refractivity contribution in [1.29, 1.82) is 0 Å². The lowest BCUT2D eigenvalue weighted by Gasteiger charge is -2.21. The summed E-state index contributed by atoms with van der Waals surface area (Å²) in [5.41, 5.74) is 1.39. The smallest absolute Gasteiger partial charge is 0.252 e. The molecule has 0 bridgehead atoms. The van der Waals surface area contributed by atoms with Crippen LogP contribution in [0.4, 0.5) is 0 Å². The van der Waals surface area contributed by atoms with Crippen LogP contribution < -0.4 is 10.6 Å². The van der Waals surface area contributed by atoms with E-state index in [1.165, 1.54) is 4.90 Å². The molecule has 132 valence electrons. The molecule has 6 nitrogen and oxygen atoms in total. The first kappa shape index (κ1) is 19.7. The predicted octanol–water partition coefficient (Wildman–Crippen LogP) is 1.34. The number of likely N-dealkylation sites (N-methyl/N-ethyl adjacent to an activating group) is 1. The van der Waals surface area contributed by atoms with Crippen molar-refractivity contribution in [3.05, 3.63) is 35.4 Å². The summed E-state index contributed by atoms with van der Waals surface area (Å²) in [6, 6.07) is 6.55. The van der Waals surface area contributed by atoms with E-state index in [0.29, 0.717) is 12.0 Å². The van der Waals surface area contributed by atoms with E-state index < -0.39 is 6.04 Å². The molecule has 3 amide bonds. The fourth-order valence-electron chi connectivity index (χ4n) is 2.21. The average molecular weight is 333 g/mol. The Labute approximate surface area is 143 Å². The molecular formula is C18H27N3O3. The zero-order chi connectivity index (χ0) is 18.3. The van der Waals surface area contributed by atoms with Crippen LogP contribution in [-0.4, -0.2) is 49.3 Å². The third-order valence-electron chi connectivity index (χ3n) is 3.63. The number of hydrogen-bond acceptors (Lipinski definition) is 3. The molecular weight excluding hydrogens is 306 g/mol. The minimum absolute atomic E-state index is 0.0827. The van der Waals surface area contributed by atoms with Gasteiger partial charge in [0, 0.05) is 19.7 Å². The SMILES string of the molecule is Cc1ccccc1C(=O)N[C@H](CC(C)C)C(=O)NCC(=O)N(C)C. The Kier molecular flexibility index (Phi) is 7.42. The molecule has 6 heteroatoms. The van der Waals surface area contributed by atoms with E-state index in [-0.39, 0.29) is 30.2 Å². The molecule has 0 spiro atoms. The van der Waals surface area contributed by atoms with Crippen molar-refractivity contribution < 1.29 is 14.4 Å². The van der Waals surface area contributed by atoms with Gasteiger partial charge in [0.25, 0.3) is 5.91 Å². The predicted molar refractivity (Wildman–Crippen MR) is 93.6 cm³/mol. The standard InChI is InChI=1S/C18H27N3O3/c1-12(2)10-15(18(24)19-11-16(22)21(4)5)20-17(23)14-9-7-6-8-13(14)3/h6-9,12,15H,10-11H2,1-5H3,(H,19,24)(H,20,23)/t15-/m1/s1. The van der Waals surface area contributed by atoms with Crippen molar-refractivity contribution in [3.63, 3.8) is 0 Å². The first-order chi connectivity index (χ1) is 11.2. The third kappa shape index (κ3) is 6.02. The monoisotopic (exact) mass is 333 g/mol. The van der Waals surface area contributed by atoms with E-state index in [1.54, 1.807) is 26.2 Å². The fraction of sp³-hybridized carbons (Fsp3) is 0.500. The number of hydrogen-bond donors (Lipinski definition) is 2. The number of carbonyl (C=O) groups excluding carboxylic acids is 3. The van der Waals surface area contributed by atoms with Gasteiger partial charge in [-0.05, 0) is 30.9 Å². The Balaban J connectivity index is 2.78. The van der Waals surface area contributed by atoms with Gasteiger partial charge in [-0.2, -0.15) is 0 Å². The molecule has 0 unspecified atom stereocenters. The number of nitrogens with zero attached hydrogens (tertiary/aromatic N) is 1. The summed E-state index contributed by atoms with van der Waals surface area (Å²) in [5.74, 6) is -0.604. The highest BCUT2D eigenvalue weighted by Crippen LogP contribution is 2.10. The topological polar surface area (TPSA) is 78.5 Å². The number of aryl methyl sites for hydroxylation is 1. The van der Waals surface area contributed by atoms with Gasteiger partial charge in [0.2, 0.25) is 11.8 Å². The van der Waals surface area contributed by atoms with Gasteiger partial charge >= 0.3 is 0 Å². The van der Waals surface area contributed by atoms with E-state index in [1.807, 2.05) is 32.9 Å². The zero-order valence-electron chi connectivity index (χ0n) is 15.1. The van der Waals surface area contributed by atoms with Crippen LogP contribution in [-0.2, 0) is 9.59 Å². The molecule has 1 aromatic carbocycles. The summed E-state index contributed by atoms with van der Waals surface area (Å²) < 4.78 is 0. The van der Waals surface area contributed by atoms with Crippen LogP contribution in [0.1, 0.15) is 36.2 Å². The van der Waals surface area contributed by atoms with Gasteiger partial charge in [0.1, 0.15) is 6.04 Å². The maximum Gasteiger partial charge on any atom is 0.252 e. The van der Waals surface area contributed by atoms with Crippen molar-refractivity contribution in [2.75, 3.05) is 20.6 Å². The summed E-state index contributed by atoms with van der Waals surface area (Å²) in [6.07, 6.45) is 0.500. The highest BCUT2D eigenvalue weighted by Gasteiger charge is 2.23. The maximum atomic E-state index is 12.4. The fourth-order valence-corrected chi connectivity index (χ4v) is 2.21. The van der Waals surface area contributed by atoms with Crippen molar-refractivity contribution in [3.8, 4) is 0 Å². The molecule has 0 saturated heterocycles. The van der Waals surface area contributed by atoms with Crippen molar-refractivity contribution >= 4 is 17.7 Å². The normalized spacial score (nSPS) is 11.8. The second-order valence-corrected chi connectivity index (χ2v) is 6.48. The van der Waals surface area contributed by atoms with Crippen LogP contribution in [0.5, 0.6) is 0 Å². The zero-order valence-corrected chi connectivity index (χ0v) is 15.1. The lowest BCUT2D eigenvalue weighted by atomic mass is 10.0. The molecule has 0 saturated carbocycles. The molecule has 0 radical (unpaired) electrons. The Morgan fingerprint density at radius 2 is 1.75 bits per heavy atom. The number of carbonyl (C=O) groups is 3. The summed E-state index contributed by atoms with van der Waals surface area (Å²) in [6.45, 7) is 5.72. The summed E-state index contributed by atoms with van der Waals surface area (Å²) in [7, 11) is 3.25. The first-order valence-corrected chi connectivity index (χ1v) is 8.06. The molecule has 1 aromatic rings. The quantitative estimate of drug-likeness (QED) is 0.790. The van der Waals surface area contributed by atoms with Gasteiger partial charge in [-0.3, -0.25) is 14.4 Å². The lowest BCUT2D eigenvalue weighted by Crippen LogP contribution is -2.49. The average Bonchev–Trinajstić information content (AvgIpc) is 2.51. The molecule has 0 aliphatic rings. The molecule has 0 aliphatic heterocycles. The van der Waals surface area contributed by atoms with Gasteiger partial charge in [-0.1, -0.05) is 32.0 Å². The van der Waals surface area contributed by atoms with Gasteiger partial charge in [0.05, 0.1) is 6.54 Å². The highest BCUT2D eigenvalue weighted by atomic mass is 16.2. The number of nitrogens with one attached hydrogen (secondary N) is 2. The van der Waals surface area contributed by atoms with Crippen LogP contribution in [0, 0.1) is 12.8 Å². The van der Waals surface area contributed by atoms with E-state index in [4.69, 9.17) is 0 Å². The molecule has 2 N–H and O–H groups in total. The molecule has 0 aromatic heterocycles. The van der Waals surface area contributed by atoms with Crippen LogP contribution in [0.25, 0.3) is 0 Å². The van der Waals surface area contributed by atoms with E-state index in [2.05, 4.69) is 10.6 Å². The maximum absolute atomic E-state index is 12.4. The molecule has 0 aliphatic carbocycles. The van der Waals surface area contributed by atoms with Gasteiger partial charge in [0.15, 0.2) is 0 Å². The largest absolute Gasteiger partial charge is 0.347 e. The third-order valence-corrected chi connectivity index (χ3v) is 3.63. The summed E-state index contributed by atoms with van der Waals surface area (Å²) in [5, 5.41) is 5.38. The van der Waals surface area contributed by atoms with Crippen molar-refractivity contribution in [2.45, 2.75) is 33.2 Å². The second-order valence-electron chi connectivity index (χ2n) is 6.48.